The van der Waals surface area contributed by atoms with Gasteiger partial charge >= 0.3 is 0 Å². The van der Waals surface area contributed by atoms with E-state index in [9.17, 15) is 9.59 Å². The van der Waals surface area contributed by atoms with E-state index in [0.29, 0.717) is 35.9 Å². The number of furan rings is 1. The van der Waals surface area contributed by atoms with Gasteiger partial charge in [-0.3, -0.25) is 9.59 Å². The Morgan fingerprint density at radius 1 is 1.48 bits per heavy atom. The largest absolute Gasteiger partial charge is 0.481 e. The van der Waals surface area contributed by atoms with Crippen LogP contribution >= 0.6 is 0 Å². The van der Waals surface area contributed by atoms with Crippen molar-refractivity contribution in [1.82, 2.24) is 10.3 Å². The first-order valence-electron chi connectivity index (χ1n) is 6.39. The minimum atomic E-state index is -0.413. The molecule has 1 aliphatic heterocycles. The highest BCUT2D eigenvalue weighted by molar-refractivity contribution is 6.12. The molecule has 3 rings (SSSR count). The minimum absolute atomic E-state index is 0.220. The molecule has 0 atom stereocenters. The van der Waals surface area contributed by atoms with E-state index in [4.69, 9.17) is 9.15 Å². The van der Waals surface area contributed by atoms with Crippen molar-refractivity contribution < 1.29 is 18.7 Å². The van der Waals surface area contributed by atoms with Crippen LogP contribution in [0.15, 0.2) is 29.0 Å². The second-order valence-electron chi connectivity index (χ2n) is 4.50. The summed E-state index contributed by atoms with van der Waals surface area (Å²) in [7, 11) is 1.51. The monoisotopic (exact) mass is 287 g/mol. The van der Waals surface area contributed by atoms with E-state index in [2.05, 4.69) is 15.6 Å². The Kier molecular flexibility index (Phi) is 3.31. The Bertz CT molecular complexity index is 691. The van der Waals surface area contributed by atoms with Crippen molar-refractivity contribution in [3.63, 3.8) is 0 Å². The highest BCUT2D eigenvalue weighted by Gasteiger charge is 2.27. The van der Waals surface area contributed by atoms with Crippen LogP contribution in [0, 0.1) is 0 Å². The van der Waals surface area contributed by atoms with Crippen LogP contribution in [0.3, 0.4) is 0 Å². The summed E-state index contributed by atoms with van der Waals surface area (Å²) in [4.78, 5) is 28.1. The van der Waals surface area contributed by atoms with Crippen molar-refractivity contribution in [2.24, 2.45) is 0 Å². The van der Waals surface area contributed by atoms with Gasteiger partial charge in [-0.1, -0.05) is 0 Å². The van der Waals surface area contributed by atoms with Crippen LogP contribution in [-0.4, -0.2) is 30.5 Å². The van der Waals surface area contributed by atoms with Gasteiger partial charge in [0.2, 0.25) is 5.88 Å². The standard InChI is InChI=1S/C14H13N3O4/c1-20-11-3-2-8(6-16-11)17-13(18)9-7-21-10-4-5-15-14(19)12(9)10/h2-3,6-7H,4-5H2,1H3,(H,15,19)(H,17,18). The van der Waals surface area contributed by atoms with E-state index in [-0.39, 0.29) is 11.5 Å². The molecule has 0 aliphatic carbocycles. The van der Waals surface area contributed by atoms with Gasteiger partial charge < -0.3 is 19.8 Å². The number of carbonyl (C=O) groups is 2. The van der Waals surface area contributed by atoms with E-state index in [1.807, 2.05) is 0 Å². The molecule has 0 saturated carbocycles. The Hall–Kier alpha value is -2.83. The number of rotatable bonds is 3. The van der Waals surface area contributed by atoms with Gasteiger partial charge in [-0.25, -0.2) is 4.98 Å². The summed E-state index contributed by atoms with van der Waals surface area (Å²) in [5.41, 5.74) is 1.03. The van der Waals surface area contributed by atoms with Crippen molar-refractivity contribution in [3.05, 3.63) is 41.5 Å². The van der Waals surface area contributed by atoms with Crippen molar-refractivity contribution in [3.8, 4) is 5.88 Å². The third-order valence-corrected chi connectivity index (χ3v) is 3.18. The fraction of sp³-hybridized carbons (Fsp3) is 0.214. The molecule has 21 heavy (non-hydrogen) atoms. The lowest BCUT2D eigenvalue weighted by molar-refractivity contribution is 0.0932. The highest BCUT2D eigenvalue weighted by atomic mass is 16.5. The summed E-state index contributed by atoms with van der Waals surface area (Å²) in [6.07, 6.45) is 3.36. The first-order valence-corrected chi connectivity index (χ1v) is 6.39. The van der Waals surface area contributed by atoms with E-state index in [1.54, 1.807) is 12.1 Å². The van der Waals surface area contributed by atoms with Gasteiger partial charge in [-0.2, -0.15) is 0 Å². The third-order valence-electron chi connectivity index (χ3n) is 3.18. The first kappa shape index (κ1) is 13.2. The van der Waals surface area contributed by atoms with Crippen LogP contribution in [-0.2, 0) is 6.42 Å². The summed E-state index contributed by atoms with van der Waals surface area (Å²) in [5, 5.41) is 5.36. The second-order valence-corrected chi connectivity index (χ2v) is 4.50. The summed E-state index contributed by atoms with van der Waals surface area (Å²) < 4.78 is 10.2. The first-order chi connectivity index (χ1) is 10.2. The van der Waals surface area contributed by atoms with Crippen LogP contribution in [0.2, 0.25) is 0 Å². The topological polar surface area (TPSA) is 93.5 Å². The van der Waals surface area contributed by atoms with Crippen LogP contribution in [0.5, 0.6) is 5.88 Å². The number of fused-ring (bicyclic) bond motifs is 1. The Labute approximate surface area is 120 Å². The van der Waals surface area contributed by atoms with Gasteiger partial charge in [-0.05, 0) is 6.07 Å². The normalized spacial score (nSPS) is 13.3. The van der Waals surface area contributed by atoms with Crippen molar-refractivity contribution >= 4 is 17.5 Å². The summed E-state index contributed by atoms with van der Waals surface area (Å²) in [6, 6.07) is 3.30. The number of anilines is 1. The minimum Gasteiger partial charge on any atom is -0.481 e. The molecule has 2 aromatic rings. The van der Waals surface area contributed by atoms with Gasteiger partial charge in [0.05, 0.1) is 30.1 Å². The number of nitrogens with zero attached hydrogens (tertiary/aromatic N) is 1. The van der Waals surface area contributed by atoms with Gasteiger partial charge in [0, 0.05) is 19.0 Å². The maximum atomic E-state index is 12.2. The zero-order valence-corrected chi connectivity index (χ0v) is 11.3. The summed E-state index contributed by atoms with van der Waals surface area (Å²) >= 11 is 0. The van der Waals surface area contributed by atoms with Crippen LogP contribution in [0.4, 0.5) is 5.69 Å². The van der Waals surface area contributed by atoms with Gasteiger partial charge in [-0.15, -0.1) is 0 Å². The highest BCUT2D eigenvalue weighted by Crippen LogP contribution is 2.22. The number of pyridine rings is 1. The fourth-order valence-corrected chi connectivity index (χ4v) is 2.15. The predicted octanol–water partition coefficient (Wildman–Crippen LogP) is 1.22. The third kappa shape index (κ3) is 2.45. The van der Waals surface area contributed by atoms with Crippen LogP contribution < -0.4 is 15.4 Å². The number of hydrogen-bond acceptors (Lipinski definition) is 5. The van der Waals surface area contributed by atoms with E-state index >= 15 is 0 Å². The smallest absolute Gasteiger partial charge is 0.259 e. The number of hydrogen-bond donors (Lipinski definition) is 2. The van der Waals surface area contributed by atoms with Gasteiger partial charge in [0.25, 0.3) is 11.8 Å². The number of aromatic nitrogens is 1. The average Bonchev–Trinajstić information content (AvgIpc) is 2.93. The molecule has 0 spiro atoms. The molecule has 7 nitrogen and oxygen atoms in total. The molecular formula is C14H13N3O4. The number of carbonyl (C=O) groups excluding carboxylic acids is 2. The average molecular weight is 287 g/mol. The van der Waals surface area contributed by atoms with Crippen molar-refractivity contribution in [1.29, 1.82) is 0 Å². The molecule has 0 fully saturated rings. The molecular weight excluding hydrogens is 274 g/mol. The maximum absolute atomic E-state index is 12.2. The molecule has 108 valence electrons. The van der Waals surface area contributed by atoms with E-state index in [0.717, 1.165) is 0 Å². The molecule has 0 radical (unpaired) electrons. The molecule has 0 bridgehead atoms. The van der Waals surface area contributed by atoms with Crippen molar-refractivity contribution in [2.45, 2.75) is 6.42 Å². The summed E-state index contributed by atoms with van der Waals surface area (Å²) in [5.74, 6) is 0.289. The molecule has 2 aromatic heterocycles. The number of ether oxygens (including phenoxy) is 1. The molecule has 0 saturated heterocycles. The molecule has 0 unspecified atom stereocenters. The Morgan fingerprint density at radius 2 is 2.33 bits per heavy atom. The van der Waals surface area contributed by atoms with E-state index in [1.165, 1.54) is 19.6 Å². The lowest BCUT2D eigenvalue weighted by atomic mass is 10.0. The number of nitrogens with one attached hydrogen (secondary N) is 2. The summed E-state index contributed by atoms with van der Waals surface area (Å²) in [6.45, 7) is 0.517. The van der Waals surface area contributed by atoms with E-state index < -0.39 is 5.91 Å². The molecule has 0 aromatic carbocycles. The Balaban J connectivity index is 1.82. The van der Waals surface area contributed by atoms with Gasteiger partial charge in [0.15, 0.2) is 0 Å². The lowest BCUT2D eigenvalue weighted by Crippen LogP contribution is -2.32. The second kappa shape index (κ2) is 5.28. The van der Waals surface area contributed by atoms with Crippen LogP contribution in [0.25, 0.3) is 0 Å². The molecule has 1 aliphatic rings. The maximum Gasteiger partial charge on any atom is 0.259 e. The molecule has 2 N–H and O–H groups in total. The molecule has 2 amide bonds. The van der Waals surface area contributed by atoms with Gasteiger partial charge in [0.1, 0.15) is 12.0 Å². The number of methoxy groups -OCH3 is 1. The Morgan fingerprint density at radius 3 is 3.05 bits per heavy atom. The zero-order chi connectivity index (χ0) is 14.8. The SMILES string of the molecule is COc1ccc(NC(=O)c2coc3c2C(=O)NCC3)cn1. The lowest BCUT2D eigenvalue weighted by Gasteiger charge is -2.12. The van der Waals surface area contributed by atoms with Crippen molar-refractivity contribution in [2.75, 3.05) is 19.0 Å². The number of amides is 2. The molecule has 3 heterocycles. The van der Waals surface area contributed by atoms with Crippen LogP contribution in [0.1, 0.15) is 26.5 Å². The zero-order valence-electron chi connectivity index (χ0n) is 11.3. The fourth-order valence-electron chi connectivity index (χ4n) is 2.15. The molecule has 7 heteroatoms. The quantitative estimate of drug-likeness (QED) is 0.885. The predicted molar refractivity (Wildman–Crippen MR) is 73.5 cm³/mol.